The summed E-state index contributed by atoms with van der Waals surface area (Å²) in [6.07, 6.45) is 1.78. The fraction of sp³-hybridized carbons (Fsp3) is 0.467. The Morgan fingerprint density at radius 3 is 2.85 bits per heavy atom. The summed E-state index contributed by atoms with van der Waals surface area (Å²) >= 11 is 0. The summed E-state index contributed by atoms with van der Waals surface area (Å²) in [7, 11) is 0. The van der Waals surface area contributed by atoms with Gasteiger partial charge in [0.1, 0.15) is 5.75 Å². The minimum Gasteiger partial charge on any atom is -0.493 e. The number of ether oxygens (including phenoxy) is 1. The summed E-state index contributed by atoms with van der Waals surface area (Å²) in [5.41, 5.74) is 0.847. The molecule has 0 amide bonds. The molecule has 108 valence electrons. The van der Waals surface area contributed by atoms with E-state index in [0.29, 0.717) is 18.4 Å². The molecular formula is C15H21N3O2. The molecule has 20 heavy (non-hydrogen) atoms. The first-order valence-electron chi connectivity index (χ1n) is 7.10. The van der Waals surface area contributed by atoms with Gasteiger partial charge in [-0.1, -0.05) is 19.1 Å². The predicted molar refractivity (Wildman–Crippen MR) is 77.8 cm³/mol. The smallest absolute Gasteiger partial charge is 0.251 e. The maximum Gasteiger partial charge on any atom is 0.251 e. The number of benzene rings is 1. The van der Waals surface area contributed by atoms with Gasteiger partial charge in [0, 0.05) is 6.42 Å². The summed E-state index contributed by atoms with van der Waals surface area (Å²) in [5.74, 6) is 1.97. The lowest BCUT2D eigenvalue weighted by atomic mass is 10.2. The molecule has 0 aliphatic rings. The number of hydrogen-bond donors (Lipinski definition) is 1. The van der Waals surface area contributed by atoms with Gasteiger partial charge in [0.2, 0.25) is 5.89 Å². The molecule has 0 bridgehead atoms. The lowest BCUT2D eigenvalue weighted by Crippen LogP contribution is -2.14. The normalized spacial score (nSPS) is 10.7. The second-order valence-electron chi connectivity index (χ2n) is 4.39. The molecule has 0 saturated heterocycles. The molecule has 0 atom stereocenters. The minimum absolute atomic E-state index is 0.521. The molecule has 0 spiro atoms. The van der Waals surface area contributed by atoms with Gasteiger partial charge in [-0.2, -0.15) is 0 Å². The van der Waals surface area contributed by atoms with Gasteiger partial charge in [0.25, 0.3) is 5.89 Å². The summed E-state index contributed by atoms with van der Waals surface area (Å²) in [6, 6.07) is 7.71. The predicted octanol–water partition coefficient (Wildman–Crippen LogP) is 2.68. The maximum atomic E-state index is 5.71. The molecular weight excluding hydrogens is 254 g/mol. The van der Waals surface area contributed by atoms with Crippen molar-refractivity contribution in [1.29, 1.82) is 0 Å². The Labute approximate surface area is 119 Å². The van der Waals surface area contributed by atoms with E-state index in [9.17, 15) is 0 Å². The SMILES string of the molecule is CCNCCCc1nnc(-c2ccccc2OCC)o1. The van der Waals surface area contributed by atoms with Crippen molar-refractivity contribution in [3.05, 3.63) is 30.2 Å². The van der Waals surface area contributed by atoms with Crippen molar-refractivity contribution in [2.24, 2.45) is 0 Å². The third kappa shape index (κ3) is 3.81. The number of aryl methyl sites for hydroxylation is 1. The lowest BCUT2D eigenvalue weighted by molar-refractivity contribution is 0.340. The molecule has 2 rings (SSSR count). The second-order valence-corrected chi connectivity index (χ2v) is 4.39. The molecule has 1 aromatic heterocycles. The molecule has 0 radical (unpaired) electrons. The fourth-order valence-corrected chi connectivity index (χ4v) is 1.93. The van der Waals surface area contributed by atoms with Crippen molar-refractivity contribution in [3.8, 4) is 17.2 Å². The van der Waals surface area contributed by atoms with Crippen LogP contribution in [0.2, 0.25) is 0 Å². The second kappa shape index (κ2) is 7.65. The molecule has 1 heterocycles. The van der Waals surface area contributed by atoms with E-state index in [1.165, 1.54) is 0 Å². The Morgan fingerprint density at radius 1 is 1.20 bits per heavy atom. The first-order chi connectivity index (χ1) is 9.85. The monoisotopic (exact) mass is 275 g/mol. The molecule has 0 saturated carbocycles. The Bertz CT molecular complexity index is 525. The van der Waals surface area contributed by atoms with E-state index in [0.717, 1.165) is 37.2 Å². The van der Waals surface area contributed by atoms with Gasteiger partial charge >= 0.3 is 0 Å². The molecule has 2 aromatic rings. The van der Waals surface area contributed by atoms with Crippen molar-refractivity contribution in [3.63, 3.8) is 0 Å². The van der Waals surface area contributed by atoms with Crippen molar-refractivity contribution in [1.82, 2.24) is 15.5 Å². The number of nitrogens with one attached hydrogen (secondary N) is 1. The molecule has 0 unspecified atom stereocenters. The number of hydrogen-bond acceptors (Lipinski definition) is 5. The molecule has 0 fully saturated rings. The summed E-state index contributed by atoms with van der Waals surface area (Å²) in [4.78, 5) is 0. The van der Waals surface area contributed by atoms with E-state index in [1.807, 2.05) is 31.2 Å². The average molecular weight is 275 g/mol. The van der Waals surface area contributed by atoms with Crippen LogP contribution >= 0.6 is 0 Å². The third-order valence-corrected chi connectivity index (χ3v) is 2.88. The summed E-state index contributed by atoms with van der Waals surface area (Å²) in [6.45, 7) is 6.60. The van der Waals surface area contributed by atoms with Gasteiger partial charge < -0.3 is 14.5 Å². The molecule has 1 N–H and O–H groups in total. The molecule has 5 heteroatoms. The molecule has 0 aliphatic carbocycles. The van der Waals surface area contributed by atoms with Crippen LogP contribution in [0.15, 0.2) is 28.7 Å². The highest BCUT2D eigenvalue weighted by atomic mass is 16.5. The topological polar surface area (TPSA) is 60.2 Å². The van der Waals surface area contributed by atoms with E-state index >= 15 is 0 Å². The molecule has 5 nitrogen and oxygen atoms in total. The Morgan fingerprint density at radius 2 is 2.05 bits per heavy atom. The van der Waals surface area contributed by atoms with Crippen LogP contribution in [0.25, 0.3) is 11.5 Å². The first-order valence-corrected chi connectivity index (χ1v) is 7.10. The quantitative estimate of drug-likeness (QED) is 0.750. The van der Waals surface area contributed by atoms with Gasteiger partial charge in [0.15, 0.2) is 0 Å². The van der Waals surface area contributed by atoms with E-state index in [-0.39, 0.29) is 0 Å². The fourth-order valence-electron chi connectivity index (χ4n) is 1.93. The highest BCUT2D eigenvalue weighted by Gasteiger charge is 2.12. The Kier molecular flexibility index (Phi) is 5.55. The standard InChI is InChI=1S/C15H21N3O2/c1-3-16-11-7-10-14-17-18-15(20-14)12-8-5-6-9-13(12)19-4-2/h5-6,8-9,16H,3-4,7,10-11H2,1-2H3. The van der Waals surface area contributed by atoms with E-state index in [1.54, 1.807) is 0 Å². The maximum absolute atomic E-state index is 5.71. The van der Waals surface area contributed by atoms with Gasteiger partial charge in [-0.15, -0.1) is 10.2 Å². The Balaban J connectivity index is 2.04. The van der Waals surface area contributed by atoms with Crippen molar-refractivity contribution < 1.29 is 9.15 Å². The van der Waals surface area contributed by atoms with Gasteiger partial charge in [-0.25, -0.2) is 0 Å². The van der Waals surface area contributed by atoms with Crippen LogP contribution in [0.4, 0.5) is 0 Å². The van der Waals surface area contributed by atoms with Crippen molar-refractivity contribution in [2.45, 2.75) is 26.7 Å². The van der Waals surface area contributed by atoms with Crippen LogP contribution in [0.3, 0.4) is 0 Å². The number of rotatable bonds is 8. The molecule has 0 aliphatic heterocycles. The van der Waals surface area contributed by atoms with E-state index in [4.69, 9.17) is 9.15 Å². The number of para-hydroxylation sites is 1. The average Bonchev–Trinajstić information content (AvgIpc) is 2.93. The summed E-state index contributed by atoms with van der Waals surface area (Å²) in [5, 5.41) is 11.5. The number of nitrogens with zero attached hydrogens (tertiary/aromatic N) is 2. The van der Waals surface area contributed by atoms with Crippen LogP contribution in [0.1, 0.15) is 26.2 Å². The first kappa shape index (κ1) is 14.5. The van der Waals surface area contributed by atoms with Crippen molar-refractivity contribution in [2.75, 3.05) is 19.7 Å². The molecule has 1 aromatic carbocycles. The van der Waals surface area contributed by atoms with Gasteiger partial charge in [-0.3, -0.25) is 0 Å². The van der Waals surface area contributed by atoms with E-state index in [2.05, 4.69) is 22.4 Å². The minimum atomic E-state index is 0.521. The van der Waals surface area contributed by atoms with E-state index < -0.39 is 0 Å². The van der Waals surface area contributed by atoms with Crippen LogP contribution in [-0.2, 0) is 6.42 Å². The van der Waals surface area contributed by atoms with Gasteiger partial charge in [-0.05, 0) is 38.6 Å². The highest BCUT2D eigenvalue weighted by molar-refractivity contribution is 5.62. The van der Waals surface area contributed by atoms with Crippen LogP contribution in [0, 0.1) is 0 Å². The largest absolute Gasteiger partial charge is 0.493 e. The van der Waals surface area contributed by atoms with Crippen LogP contribution < -0.4 is 10.1 Å². The zero-order valence-electron chi connectivity index (χ0n) is 12.1. The summed E-state index contributed by atoms with van der Waals surface area (Å²) < 4.78 is 11.3. The zero-order valence-corrected chi connectivity index (χ0v) is 12.1. The van der Waals surface area contributed by atoms with Crippen LogP contribution in [0.5, 0.6) is 5.75 Å². The Hall–Kier alpha value is -1.88. The lowest BCUT2D eigenvalue weighted by Gasteiger charge is -2.06. The third-order valence-electron chi connectivity index (χ3n) is 2.88. The van der Waals surface area contributed by atoms with Crippen molar-refractivity contribution >= 4 is 0 Å². The zero-order chi connectivity index (χ0) is 14.2. The van der Waals surface area contributed by atoms with Gasteiger partial charge in [0.05, 0.1) is 12.2 Å². The van der Waals surface area contributed by atoms with Crippen LogP contribution in [-0.4, -0.2) is 29.9 Å². The highest BCUT2D eigenvalue weighted by Crippen LogP contribution is 2.28. The number of aromatic nitrogens is 2.